The lowest BCUT2D eigenvalue weighted by Gasteiger charge is -2.24. The van der Waals surface area contributed by atoms with Crippen LogP contribution >= 0.6 is 0 Å². The van der Waals surface area contributed by atoms with E-state index >= 15 is 0 Å². The first-order valence-corrected chi connectivity index (χ1v) is 7.76. The van der Waals surface area contributed by atoms with Crippen molar-refractivity contribution in [3.8, 4) is 5.75 Å². The number of ether oxygens (including phenoxy) is 1. The lowest BCUT2D eigenvalue weighted by atomic mass is 10.2. The molecule has 0 saturated carbocycles. The van der Waals surface area contributed by atoms with Gasteiger partial charge in [-0.25, -0.2) is 18.0 Å². The molecule has 0 unspecified atom stereocenters. The zero-order valence-corrected chi connectivity index (χ0v) is 14.4. The predicted molar refractivity (Wildman–Crippen MR) is 85.8 cm³/mol. The van der Waals surface area contributed by atoms with Gasteiger partial charge in [0.25, 0.3) is 12.1 Å². The number of carbonyl (C=O) groups excluding carboxylic acids is 2. The number of amides is 3. The van der Waals surface area contributed by atoms with Crippen LogP contribution in [0.4, 0.5) is 45.6 Å². The first kappa shape index (κ1) is 22.9. The van der Waals surface area contributed by atoms with Gasteiger partial charge in [-0.2, -0.15) is 22.0 Å². The van der Waals surface area contributed by atoms with E-state index in [4.69, 9.17) is 0 Å². The maximum absolute atomic E-state index is 13.5. The molecule has 0 saturated heterocycles. The molecule has 13 heteroatoms. The Bertz CT molecular complexity index is 929. The van der Waals surface area contributed by atoms with Crippen molar-refractivity contribution < 1.29 is 49.4 Å². The number of carbonyl (C=O) groups is 2. The van der Waals surface area contributed by atoms with Crippen molar-refractivity contribution in [3.05, 3.63) is 59.7 Å². The summed E-state index contributed by atoms with van der Waals surface area (Å²) in [5, 5.41) is 3.27. The minimum Gasteiger partial charge on any atom is -0.428 e. The van der Waals surface area contributed by atoms with Crippen molar-refractivity contribution in [3.63, 3.8) is 0 Å². The maximum atomic E-state index is 13.5. The van der Waals surface area contributed by atoms with E-state index in [0.29, 0.717) is 6.07 Å². The van der Waals surface area contributed by atoms with Crippen LogP contribution in [0.25, 0.3) is 0 Å². The SMILES string of the molecule is O=C(NC(=O)c1c(F)cccc1F)Nc1ccccc1OC(F)(F)[C@@H](F)C(F)(F)F. The molecule has 0 spiro atoms. The molecular formula is C17H10F8N2O3. The minimum atomic E-state index is -5.93. The van der Waals surface area contributed by atoms with E-state index in [2.05, 4.69) is 4.74 Å². The fourth-order valence-corrected chi connectivity index (χ4v) is 2.08. The molecule has 0 aliphatic carbocycles. The molecule has 2 N–H and O–H groups in total. The fourth-order valence-electron chi connectivity index (χ4n) is 2.08. The number of hydrogen-bond donors (Lipinski definition) is 2. The molecule has 3 amide bonds. The van der Waals surface area contributed by atoms with Gasteiger partial charge < -0.3 is 10.1 Å². The van der Waals surface area contributed by atoms with Gasteiger partial charge in [0.05, 0.1) is 5.69 Å². The van der Waals surface area contributed by atoms with Crippen molar-refractivity contribution in [1.82, 2.24) is 5.32 Å². The molecule has 30 heavy (non-hydrogen) atoms. The lowest BCUT2D eigenvalue weighted by molar-refractivity contribution is -0.304. The molecule has 1 atom stereocenters. The topological polar surface area (TPSA) is 67.4 Å². The number of halogens is 8. The monoisotopic (exact) mass is 442 g/mol. The Balaban J connectivity index is 2.16. The van der Waals surface area contributed by atoms with E-state index in [1.807, 2.05) is 0 Å². The highest BCUT2D eigenvalue weighted by Gasteiger charge is 2.59. The largest absolute Gasteiger partial charge is 0.439 e. The number of alkyl halides is 6. The van der Waals surface area contributed by atoms with E-state index < -0.39 is 59.0 Å². The number of urea groups is 1. The van der Waals surface area contributed by atoms with Crippen LogP contribution in [-0.2, 0) is 0 Å². The third-order valence-corrected chi connectivity index (χ3v) is 3.38. The normalized spacial score (nSPS) is 12.8. The summed E-state index contributed by atoms with van der Waals surface area (Å²) in [6, 6.07) is 4.64. The van der Waals surface area contributed by atoms with E-state index in [1.165, 1.54) is 5.32 Å². The minimum absolute atomic E-state index is 0.685. The lowest BCUT2D eigenvalue weighted by Crippen LogP contribution is -2.45. The molecule has 0 radical (unpaired) electrons. The fraction of sp³-hybridized carbons (Fsp3) is 0.176. The maximum Gasteiger partial charge on any atom is 0.439 e. The van der Waals surface area contributed by atoms with E-state index in [1.54, 1.807) is 5.32 Å². The second-order valence-electron chi connectivity index (χ2n) is 5.57. The van der Waals surface area contributed by atoms with Crippen LogP contribution < -0.4 is 15.4 Å². The second-order valence-corrected chi connectivity index (χ2v) is 5.57. The van der Waals surface area contributed by atoms with E-state index in [0.717, 1.165) is 36.4 Å². The summed E-state index contributed by atoms with van der Waals surface area (Å²) >= 11 is 0. The van der Waals surface area contributed by atoms with Gasteiger partial charge in [-0.15, -0.1) is 0 Å². The van der Waals surface area contributed by atoms with Gasteiger partial charge in [0.2, 0.25) is 0 Å². The first-order chi connectivity index (χ1) is 13.8. The molecular weight excluding hydrogens is 432 g/mol. The highest BCUT2D eigenvalue weighted by Crippen LogP contribution is 2.38. The number of para-hydroxylation sites is 2. The van der Waals surface area contributed by atoms with Crippen LogP contribution in [0.2, 0.25) is 0 Å². The zero-order chi connectivity index (χ0) is 22.7. The second kappa shape index (κ2) is 8.55. The smallest absolute Gasteiger partial charge is 0.428 e. The molecule has 0 aromatic heterocycles. The van der Waals surface area contributed by atoms with E-state index in [9.17, 15) is 44.7 Å². The van der Waals surface area contributed by atoms with Gasteiger partial charge in [-0.05, 0) is 24.3 Å². The van der Waals surface area contributed by atoms with Crippen molar-refractivity contribution >= 4 is 17.6 Å². The third kappa shape index (κ3) is 5.36. The van der Waals surface area contributed by atoms with Gasteiger partial charge in [0.1, 0.15) is 22.9 Å². The number of benzene rings is 2. The van der Waals surface area contributed by atoms with Crippen molar-refractivity contribution in [2.45, 2.75) is 18.5 Å². The Kier molecular flexibility index (Phi) is 6.53. The van der Waals surface area contributed by atoms with Crippen molar-refractivity contribution in [2.75, 3.05) is 5.32 Å². The number of hydrogen-bond acceptors (Lipinski definition) is 3. The van der Waals surface area contributed by atoms with Gasteiger partial charge in [-0.3, -0.25) is 10.1 Å². The highest BCUT2D eigenvalue weighted by atomic mass is 19.4. The number of nitrogens with one attached hydrogen (secondary N) is 2. The molecule has 2 rings (SSSR count). The first-order valence-electron chi connectivity index (χ1n) is 7.76. The Morgan fingerprint density at radius 1 is 0.900 bits per heavy atom. The molecule has 0 aliphatic heterocycles. The highest BCUT2D eigenvalue weighted by molar-refractivity contribution is 6.08. The van der Waals surface area contributed by atoms with Crippen LogP contribution in [-0.4, -0.2) is 30.4 Å². The Labute approximate surface area is 162 Å². The van der Waals surface area contributed by atoms with Crippen molar-refractivity contribution in [1.29, 1.82) is 0 Å². The predicted octanol–water partition coefficient (Wildman–Crippen LogP) is 4.80. The molecule has 0 bridgehead atoms. The van der Waals surface area contributed by atoms with Crippen LogP contribution in [0.5, 0.6) is 5.75 Å². The van der Waals surface area contributed by atoms with Crippen LogP contribution in [0.15, 0.2) is 42.5 Å². The summed E-state index contributed by atoms with van der Waals surface area (Å²) in [4.78, 5) is 23.7. The van der Waals surface area contributed by atoms with E-state index in [-0.39, 0.29) is 0 Å². The van der Waals surface area contributed by atoms with Gasteiger partial charge in [-0.1, -0.05) is 18.2 Å². The summed E-state index contributed by atoms with van der Waals surface area (Å²) in [6.07, 6.45) is -15.9. The Hall–Kier alpha value is -3.38. The van der Waals surface area contributed by atoms with Gasteiger partial charge in [0, 0.05) is 0 Å². The summed E-state index contributed by atoms with van der Waals surface area (Å²) in [6.45, 7) is 0. The number of imide groups is 1. The summed E-state index contributed by atoms with van der Waals surface area (Å²) in [5.74, 6) is -5.21. The molecule has 2 aromatic rings. The Morgan fingerprint density at radius 3 is 2.03 bits per heavy atom. The molecule has 0 aliphatic rings. The Morgan fingerprint density at radius 2 is 1.47 bits per heavy atom. The van der Waals surface area contributed by atoms with Crippen LogP contribution in [0.1, 0.15) is 10.4 Å². The average molecular weight is 442 g/mol. The number of anilines is 1. The van der Waals surface area contributed by atoms with Crippen LogP contribution in [0, 0.1) is 11.6 Å². The van der Waals surface area contributed by atoms with Crippen molar-refractivity contribution in [2.24, 2.45) is 0 Å². The average Bonchev–Trinajstić information content (AvgIpc) is 2.61. The summed E-state index contributed by atoms with van der Waals surface area (Å²) in [5.41, 5.74) is -1.81. The summed E-state index contributed by atoms with van der Waals surface area (Å²) in [7, 11) is 0. The standard InChI is InChI=1S/C17H10F8N2O3/c18-8-4-3-5-9(19)12(8)13(28)27-15(29)26-10-6-1-2-7-11(10)30-17(24,25)14(20)16(21,22)23/h1-7,14H,(H2,26,27,28,29)/t14-/m0/s1. The molecule has 0 heterocycles. The molecule has 162 valence electrons. The van der Waals surface area contributed by atoms with Gasteiger partial charge in [0.15, 0.2) is 0 Å². The zero-order valence-electron chi connectivity index (χ0n) is 14.4. The number of rotatable bonds is 5. The molecule has 2 aromatic carbocycles. The molecule has 5 nitrogen and oxygen atoms in total. The van der Waals surface area contributed by atoms with Gasteiger partial charge >= 0.3 is 18.3 Å². The summed E-state index contributed by atoms with van der Waals surface area (Å²) < 4.78 is 107. The quantitative estimate of drug-likeness (QED) is 0.654. The molecule has 0 fully saturated rings. The van der Waals surface area contributed by atoms with Crippen LogP contribution in [0.3, 0.4) is 0 Å². The third-order valence-electron chi connectivity index (χ3n) is 3.38.